The van der Waals surface area contributed by atoms with E-state index < -0.39 is 28.4 Å². The zero-order valence-corrected chi connectivity index (χ0v) is 20.2. The molecule has 2 amide bonds. The lowest BCUT2D eigenvalue weighted by Crippen LogP contribution is -2.15. The molecule has 1 heterocycles. The maximum absolute atomic E-state index is 13.0. The second-order valence-corrected chi connectivity index (χ2v) is 8.83. The highest BCUT2D eigenvalue weighted by Crippen LogP contribution is 2.35. The van der Waals surface area contributed by atoms with Crippen molar-refractivity contribution in [2.24, 2.45) is 0 Å². The molecular weight excluding hydrogens is 482 g/mol. The second-order valence-electron chi connectivity index (χ2n) is 7.40. The molecule has 0 aliphatic heterocycles. The molecule has 176 valence electrons. The van der Waals surface area contributed by atoms with Gasteiger partial charge in [-0.05, 0) is 50.1 Å². The molecule has 9 nitrogen and oxygen atoms in total. The minimum atomic E-state index is -0.739. The van der Waals surface area contributed by atoms with Crippen molar-refractivity contribution < 1.29 is 24.0 Å². The zero-order chi connectivity index (χ0) is 25.2. The summed E-state index contributed by atoms with van der Waals surface area (Å²) in [5.41, 5.74) is 2.41. The number of carbonyl (C=O) groups is 3. The third kappa shape index (κ3) is 5.08. The Bertz CT molecular complexity index is 1330. The number of methoxy groups -OCH3 is 1. The van der Waals surface area contributed by atoms with Gasteiger partial charge in [0.05, 0.1) is 22.5 Å². The van der Waals surface area contributed by atoms with Gasteiger partial charge in [-0.3, -0.25) is 19.7 Å². The molecule has 2 aromatic carbocycles. The molecule has 0 atom stereocenters. The van der Waals surface area contributed by atoms with Crippen LogP contribution >= 0.6 is 22.9 Å². The van der Waals surface area contributed by atoms with Crippen LogP contribution in [0, 0.1) is 30.9 Å². The third-order valence-corrected chi connectivity index (χ3v) is 6.53. The smallest absolute Gasteiger partial charge is 0.341 e. The molecule has 0 saturated carbocycles. The number of nitrogens with zero attached hydrogens (tertiary/aromatic N) is 1. The molecule has 34 heavy (non-hydrogen) atoms. The topological polar surface area (TPSA) is 128 Å². The molecule has 0 fully saturated rings. The summed E-state index contributed by atoms with van der Waals surface area (Å²) in [6.45, 7) is 5.37. The number of nitrogens with one attached hydrogen (secondary N) is 2. The van der Waals surface area contributed by atoms with Crippen LogP contribution in [0.2, 0.25) is 5.02 Å². The van der Waals surface area contributed by atoms with Crippen molar-refractivity contribution in [2.75, 3.05) is 17.7 Å². The molecule has 0 aliphatic rings. The number of halogens is 1. The Hall–Kier alpha value is -3.76. The van der Waals surface area contributed by atoms with Gasteiger partial charge in [0.1, 0.15) is 10.0 Å². The van der Waals surface area contributed by atoms with Gasteiger partial charge < -0.3 is 15.4 Å². The first-order valence-corrected chi connectivity index (χ1v) is 11.1. The number of thiophene rings is 1. The molecule has 0 radical (unpaired) electrons. The van der Waals surface area contributed by atoms with Gasteiger partial charge in [-0.2, -0.15) is 0 Å². The fourth-order valence-corrected chi connectivity index (χ4v) is 4.54. The molecule has 0 bridgehead atoms. The number of ether oxygens (including phenoxy) is 1. The van der Waals surface area contributed by atoms with Crippen LogP contribution in [0.1, 0.15) is 47.1 Å². The monoisotopic (exact) mass is 501 g/mol. The lowest BCUT2D eigenvalue weighted by Gasteiger charge is -2.08. The maximum Gasteiger partial charge on any atom is 0.341 e. The van der Waals surface area contributed by atoms with Crippen LogP contribution < -0.4 is 10.6 Å². The summed E-state index contributed by atoms with van der Waals surface area (Å²) >= 11 is 6.71. The Morgan fingerprint density at radius 1 is 1.03 bits per heavy atom. The molecule has 0 unspecified atom stereocenters. The van der Waals surface area contributed by atoms with Crippen LogP contribution in [-0.4, -0.2) is 29.8 Å². The highest BCUT2D eigenvalue weighted by Gasteiger charge is 2.27. The number of benzene rings is 2. The van der Waals surface area contributed by atoms with Crippen LogP contribution in [0.5, 0.6) is 0 Å². The SMILES string of the molecule is COC(=O)c1c(NC(=O)c2ccc(Cl)c([N+](=O)[O-])c2)sc(C(=O)Nc2ccc(C)cc2C)c1C. The first-order chi connectivity index (χ1) is 16.0. The maximum atomic E-state index is 13.0. The number of hydrogen-bond acceptors (Lipinski definition) is 7. The van der Waals surface area contributed by atoms with Crippen molar-refractivity contribution in [3.8, 4) is 0 Å². The standard InChI is InChI=1S/C23H20ClN3O6S/c1-11-5-8-16(12(2)9-11)25-21(29)19-13(3)18(23(30)33-4)22(34-19)26-20(28)14-6-7-15(24)17(10-14)27(31)32/h5-10H,1-4H3,(H,25,29)(H,26,28). The van der Waals surface area contributed by atoms with E-state index in [1.54, 1.807) is 13.0 Å². The van der Waals surface area contributed by atoms with E-state index in [-0.39, 0.29) is 26.0 Å². The molecule has 3 rings (SSSR count). The Kier molecular flexibility index (Phi) is 7.33. The quantitative estimate of drug-likeness (QED) is 0.260. The van der Waals surface area contributed by atoms with E-state index in [1.165, 1.54) is 19.2 Å². The molecule has 0 aliphatic carbocycles. The summed E-state index contributed by atoms with van der Waals surface area (Å²) in [5, 5.41) is 16.5. The third-order valence-electron chi connectivity index (χ3n) is 5.00. The number of anilines is 2. The summed E-state index contributed by atoms with van der Waals surface area (Å²) in [7, 11) is 1.18. The van der Waals surface area contributed by atoms with Crippen LogP contribution in [-0.2, 0) is 4.74 Å². The van der Waals surface area contributed by atoms with E-state index in [1.807, 2.05) is 26.0 Å². The lowest BCUT2D eigenvalue weighted by molar-refractivity contribution is -0.384. The highest BCUT2D eigenvalue weighted by molar-refractivity contribution is 7.19. The van der Waals surface area contributed by atoms with Crippen molar-refractivity contribution in [1.29, 1.82) is 0 Å². The predicted octanol–water partition coefficient (Wildman–Crippen LogP) is 5.53. The van der Waals surface area contributed by atoms with Gasteiger partial charge >= 0.3 is 5.97 Å². The molecule has 11 heteroatoms. The fraction of sp³-hybridized carbons (Fsp3) is 0.174. The van der Waals surface area contributed by atoms with Crippen LogP contribution in [0.4, 0.5) is 16.4 Å². The van der Waals surface area contributed by atoms with Gasteiger partial charge in [0.15, 0.2) is 0 Å². The normalized spacial score (nSPS) is 10.5. The van der Waals surface area contributed by atoms with Crippen molar-refractivity contribution in [2.45, 2.75) is 20.8 Å². The molecule has 1 aromatic heterocycles. The van der Waals surface area contributed by atoms with Gasteiger partial charge in [0.25, 0.3) is 17.5 Å². The molecular formula is C23H20ClN3O6S. The minimum absolute atomic E-state index is 0.0232. The first kappa shape index (κ1) is 24.9. The highest BCUT2D eigenvalue weighted by atomic mass is 35.5. The van der Waals surface area contributed by atoms with E-state index >= 15 is 0 Å². The van der Waals surface area contributed by atoms with Crippen molar-refractivity contribution in [3.05, 3.63) is 84.2 Å². The summed E-state index contributed by atoms with van der Waals surface area (Å²) in [6, 6.07) is 9.15. The van der Waals surface area contributed by atoms with Gasteiger partial charge in [-0.25, -0.2) is 4.79 Å². The Balaban J connectivity index is 1.96. The first-order valence-electron chi connectivity index (χ1n) is 9.89. The Morgan fingerprint density at radius 3 is 2.35 bits per heavy atom. The number of amides is 2. The van der Waals surface area contributed by atoms with E-state index in [2.05, 4.69) is 10.6 Å². The lowest BCUT2D eigenvalue weighted by atomic mass is 10.1. The van der Waals surface area contributed by atoms with Gasteiger partial charge in [0.2, 0.25) is 0 Å². The van der Waals surface area contributed by atoms with Crippen LogP contribution in [0.15, 0.2) is 36.4 Å². The molecule has 2 N–H and O–H groups in total. The number of hydrogen-bond donors (Lipinski definition) is 2. The average Bonchev–Trinajstić information content (AvgIpc) is 3.10. The molecule has 3 aromatic rings. The number of esters is 1. The number of aryl methyl sites for hydroxylation is 2. The molecule has 0 saturated heterocycles. The number of carbonyl (C=O) groups excluding carboxylic acids is 3. The van der Waals surface area contributed by atoms with Crippen molar-refractivity contribution in [1.82, 2.24) is 0 Å². The zero-order valence-electron chi connectivity index (χ0n) is 18.6. The summed E-state index contributed by atoms with van der Waals surface area (Å²) in [4.78, 5) is 48.9. The van der Waals surface area contributed by atoms with E-state index in [9.17, 15) is 24.5 Å². The van der Waals surface area contributed by atoms with Crippen LogP contribution in [0.3, 0.4) is 0 Å². The van der Waals surface area contributed by atoms with Crippen LogP contribution in [0.25, 0.3) is 0 Å². The van der Waals surface area contributed by atoms with E-state index in [0.29, 0.717) is 11.3 Å². The molecule has 0 spiro atoms. The summed E-state index contributed by atoms with van der Waals surface area (Å²) in [6.07, 6.45) is 0. The summed E-state index contributed by atoms with van der Waals surface area (Å²) < 4.78 is 4.83. The Labute approximate surface area is 203 Å². The van der Waals surface area contributed by atoms with E-state index in [4.69, 9.17) is 16.3 Å². The Morgan fingerprint density at radius 2 is 1.74 bits per heavy atom. The van der Waals surface area contributed by atoms with Gasteiger partial charge in [-0.15, -0.1) is 11.3 Å². The summed E-state index contributed by atoms with van der Waals surface area (Å²) in [5.74, 6) is -1.91. The van der Waals surface area contributed by atoms with Crippen molar-refractivity contribution in [3.63, 3.8) is 0 Å². The van der Waals surface area contributed by atoms with Gasteiger partial charge in [-0.1, -0.05) is 29.3 Å². The van der Waals surface area contributed by atoms with Gasteiger partial charge in [0, 0.05) is 17.3 Å². The average molecular weight is 502 g/mol. The predicted molar refractivity (Wildman–Crippen MR) is 130 cm³/mol. The van der Waals surface area contributed by atoms with Crippen molar-refractivity contribution >= 4 is 57.1 Å². The second kappa shape index (κ2) is 10.0. The fourth-order valence-electron chi connectivity index (χ4n) is 3.27. The largest absolute Gasteiger partial charge is 0.465 e. The minimum Gasteiger partial charge on any atom is -0.465 e. The number of nitro benzene ring substituents is 1. The number of rotatable bonds is 6. The van der Waals surface area contributed by atoms with E-state index in [0.717, 1.165) is 28.5 Å². The number of nitro groups is 1.